The van der Waals surface area contributed by atoms with Crippen LogP contribution >= 0.6 is 0 Å². The monoisotopic (exact) mass is 341 g/mol. The van der Waals surface area contributed by atoms with Crippen LogP contribution in [-0.2, 0) is 6.54 Å². The summed E-state index contributed by atoms with van der Waals surface area (Å²) in [5.74, 6) is -0.274. The van der Waals surface area contributed by atoms with Crippen LogP contribution in [-0.4, -0.2) is 10.4 Å². The maximum Gasteiger partial charge on any atom is 0.261 e. The second-order valence-corrected chi connectivity index (χ2v) is 6.08. The number of nitrogens with zero attached hydrogens (tertiary/aromatic N) is 1. The third kappa shape index (κ3) is 2.62. The van der Waals surface area contributed by atoms with E-state index in [-0.39, 0.29) is 12.3 Å². The van der Waals surface area contributed by atoms with E-state index < -0.39 is 11.1 Å². The highest BCUT2D eigenvalue weighted by molar-refractivity contribution is 6.05. The summed E-state index contributed by atoms with van der Waals surface area (Å²) in [4.78, 5) is 38.7. The lowest BCUT2D eigenvalue weighted by Crippen LogP contribution is -2.33. The van der Waals surface area contributed by atoms with Crippen molar-refractivity contribution in [2.24, 2.45) is 0 Å². The van der Waals surface area contributed by atoms with Gasteiger partial charge in [0, 0.05) is 16.3 Å². The second-order valence-electron chi connectivity index (χ2n) is 6.08. The van der Waals surface area contributed by atoms with Crippen LogP contribution < -0.4 is 11.1 Å². The average molecular weight is 341 g/mol. The van der Waals surface area contributed by atoms with Crippen LogP contribution in [0.3, 0.4) is 0 Å². The molecule has 0 unspecified atom stereocenters. The zero-order valence-corrected chi connectivity index (χ0v) is 13.9. The topological polar surface area (TPSA) is 56.1 Å². The number of ketones is 1. The molecule has 4 rings (SSSR count). The summed E-state index contributed by atoms with van der Waals surface area (Å²) in [5.41, 5.74) is -0.434. The molecule has 0 saturated heterocycles. The normalized spacial score (nSPS) is 10.9. The highest BCUT2D eigenvalue weighted by Gasteiger charge is 2.14. The molecular formula is C22H15NO3. The summed E-state index contributed by atoms with van der Waals surface area (Å²) in [6, 6.07) is 22.9. The first-order chi connectivity index (χ1) is 12.7. The Hall–Kier alpha value is -3.53. The van der Waals surface area contributed by atoms with Gasteiger partial charge in [-0.15, -0.1) is 0 Å². The Morgan fingerprint density at radius 3 is 1.54 bits per heavy atom. The van der Waals surface area contributed by atoms with Crippen LogP contribution in [0.4, 0.5) is 0 Å². The molecule has 0 fully saturated rings. The molecule has 0 aliphatic heterocycles. The predicted molar refractivity (Wildman–Crippen MR) is 103 cm³/mol. The van der Waals surface area contributed by atoms with Gasteiger partial charge in [0.25, 0.3) is 11.1 Å². The van der Waals surface area contributed by atoms with Crippen LogP contribution in [0.5, 0.6) is 0 Å². The number of Topliss-reactive ketones (excluding diaryl/α,β-unsaturated/α-hetero) is 1. The van der Waals surface area contributed by atoms with E-state index in [4.69, 9.17) is 0 Å². The van der Waals surface area contributed by atoms with Crippen molar-refractivity contribution >= 4 is 27.3 Å². The fraction of sp³-hybridized carbons (Fsp3) is 0.0455. The molecule has 0 radical (unpaired) electrons. The van der Waals surface area contributed by atoms with Crippen molar-refractivity contribution in [3.8, 4) is 0 Å². The van der Waals surface area contributed by atoms with Crippen molar-refractivity contribution in [3.05, 3.63) is 105 Å². The predicted octanol–water partition coefficient (Wildman–Crippen LogP) is 3.40. The molecule has 1 heterocycles. The summed E-state index contributed by atoms with van der Waals surface area (Å²) in [5, 5.41) is 2.26. The number of fused-ring (bicyclic) bond motifs is 3. The lowest BCUT2D eigenvalue weighted by atomic mass is 10.1. The molecule has 1 aromatic heterocycles. The van der Waals surface area contributed by atoms with Gasteiger partial charge >= 0.3 is 0 Å². The quantitative estimate of drug-likeness (QED) is 0.537. The molecule has 3 aromatic carbocycles. The van der Waals surface area contributed by atoms with E-state index in [0.29, 0.717) is 27.1 Å². The Bertz CT molecular complexity index is 1180. The standard InChI is InChI=1S/C22H15NO3/c24-20(15-8-2-1-3-9-15)14-23-21(25)18-12-6-4-10-16(18)17-11-5-7-13-19(17)22(23)26/h1-13H,14H2. The zero-order valence-electron chi connectivity index (χ0n) is 13.9. The SMILES string of the molecule is O=C(Cn1c(=O)c2ccccc2c2ccccc2c1=O)c1ccccc1. The minimum Gasteiger partial charge on any atom is -0.292 e. The number of benzene rings is 3. The molecule has 0 bridgehead atoms. The van der Waals surface area contributed by atoms with Crippen LogP contribution in [0.1, 0.15) is 10.4 Å². The molecule has 0 spiro atoms. The number of hydrogen-bond acceptors (Lipinski definition) is 3. The number of carbonyl (C=O) groups is 1. The van der Waals surface area contributed by atoms with Crippen molar-refractivity contribution in [1.82, 2.24) is 4.57 Å². The molecule has 126 valence electrons. The fourth-order valence-electron chi connectivity index (χ4n) is 3.19. The van der Waals surface area contributed by atoms with E-state index in [1.54, 1.807) is 48.5 Å². The van der Waals surface area contributed by atoms with E-state index in [1.165, 1.54) is 0 Å². The summed E-state index contributed by atoms with van der Waals surface area (Å²) >= 11 is 0. The molecule has 0 N–H and O–H groups in total. The van der Waals surface area contributed by atoms with Crippen molar-refractivity contribution in [1.29, 1.82) is 0 Å². The van der Waals surface area contributed by atoms with Crippen LogP contribution in [0.2, 0.25) is 0 Å². The lowest BCUT2D eigenvalue weighted by molar-refractivity contribution is 0.0970. The van der Waals surface area contributed by atoms with Crippen LogP contribution in [0.15, 0.2) is 88.5 Å². The van der Waals surface area contributed by atoms with Gasteiger partial charge in [-0.1, -0.05) is 66.7 Å². The molecule has 4 aromatic rings. The first-order valence-electron chi connectivity index (χ1n) is 8.29. The van der Waals surface area contributed by atoms with E-state index in [9.17, 15) is 14.4 Å². The Labute approximate surface area is 149 Å². The fourth-order valence-corrected chi connectivity index (χ4v) is 3.19. The smallest absolute Gasteiger partial charge is 0.261 e. The molecule has 0 amide bonds. The van der Waals surface area contributed by atoms with Gasteiger partial charge in [-0.2, -0.15) is 0 Å². The first-order valence-corrected chi connectivity index (χ1v) is 8.29. The van der Waals surface area contributed by atoms with E-state index in [1.807, 2.05) is 30.3 Å². The summed E-state index contributed by atoms with van der Waals surface area (Å²) in [6.07, 6.45) is 0. The first kappa shape index (κ1) is 16.0. The Balaban J connectivity index is 2.05. The lowest BCUT2D eigenvalue weighted by Gasteiger charge is -2.02. The van der Waals surface area contributed by atoms with E-state index in [0.717, 1.165) is 4.57 Å². The van der Waals surface area contributed by atoms with Crippen LogP contribution in [0, 0.1) is 0 Å². The van der Waals surface area contributed by atoms with Gasteiger partial charge in [0.1, 0.15) is 0 Å². The maximum absolute atomic E-state index is 13.0. The van der Waals surface area contributed by atoms with Crippen LogP contribution in [0.25, 0.3) is 21.5 Å². The summed E-state index contributed by atoms with van der Waals surface area (Å²) < 4.78 is 1.04. The zero-order chi connectivity index (χ0) is 18.1. The minimum absolute atomic E-state index is 0.274. The van der Waals surface area contributed by atoms with E-state index >= 15 is 0 Å². The number of rotatable bonds is 3. The van der Waals surface area contributed by atoms with Gasteiger partial charge in [0.2, 0.25) is 0 Å². The van der Waals surface area contributed by atoms with E-state index in [2.05, 4.69) is 0 Å². The molecule has 0 atom stereocenters. The van der Waals surface area contributed by atoms with Crippen molar-refractivity contribution < 1.29 is 4.79 Å². The van der Waals surface area contributed by atoms with Crippen molar-refractivity contribution in [2.45, 2.75) is 6.54 Å². The van der Waals surface area contributed by atoms with Gasteiger partial charge in [0.15, 0.2) is 5.78 Å². The molecule has 0 aliphatic carbocycles. The van der Waals surface area contributed by atoms with Gasteiger partial charge < -0.3 is 0 Å². The highest BCUT2D eigenvalue weighted by atomic mass is 16.2. The van der Waals surface area contributed by atoms with Gasteiger partial charge in [-0.25, -0.2) is 0 Å². The molecule has 0 aliphatic rings. The third-order valence-electron chi connectivity index (χ3n) is 4.49. The maximum atomic E-state index is 13.0. The molecule has 0 saturated carbocycles. The summed E-state index contributed by atoms with van der Waals surface area (Å²) in [6.45, 7) is -0.287. The Morgan fingerprint density at radius 2 is 1.04 bits per heavy atom. The second kappa shape index (κ2) is 6.41. The Kier molecular flexibility index (Phi) is 3.93. The van der Waals surface area contributed by atoms with Gasteiger partial charge in [0.05, 0.1) is 6.54 Å². The molecule has 4 nitrogen and oxygen atoms in total. The average Bonchev–Trinajstić information content (AvgIpc) is 2.79. The number of aromatic nitrogens is 1. The largest absolute Gasteiger partial charge is 0.292 e. The minimum atomic E-state index is -0.453. The van der Waals surface area contributed by atoms with Gasteiger partial charge in [-0.3, -0.25) is 19.0 Å². The number of carbonyl (C=O) groups excluding carboxylic acids is 1. The summed E-state index contributed by atoms with van der Waals surface area (Å²) in [7, 11) is 0. The highest BCUT2D eigenvalue weighted by Crippen LogP contribution is 2.19. The molecular weight excluding hydrogens is 326 g/mol. The van der Waals surface area contributed by atoms with Gasteiger partial charge in [-0.05, 0) is 22.9 Å². The Morgan fingerprint density at radius 1 is 0.615 bits per heavy atom. The molecule has 4 heteroatoms. The third-order valence-corrected chi connectivity index (χ3v) is 4.49. The van der Waals surface area contributed by atoms with Crippen molar-refractivity contribution in [3.63, 3.8) is 0 Å². The number of hydrogen-bond donors (Lipinski definition) is 0. The van der Waals surface area contributed by atoms with Crippen molar-refractivity contribution in [2.75, 3.05) is 0 Å². The molecule has 26 heavy (non-hydrogen) atoms.